The lowest BCUT2D eigenvalue weighted by molar-refractivity contribution is 0.346. The molecule has 78 valence electrons. The van der Waals surface area contributed by atoms with Crippen LogP contribution in [0.25, 0.3) is 0 Å². The first-order valence-electron chi connectivity index (χ1n) is 4.27. The van der Waals surface area contributed by atoms with Gasteiger partial charge in [-0.1, -0.05) is 0 Å². The summed E-state index contributed by atoms with van der Waals surface area (Å²) in [7, 11) is 0. The second kappa shape index (κ2) is 5.73. The van der Waals surface area contributed by atoms with E-state index < -0.39 is 0 Å². The Bertz CT molecular complexity index is 381. The van der Waals surface area contributed by atoms with Crippen LogP contribution in [0.15, 0.2) is 30.2 Å². The minimum absolute atomic E-state index is 0.0839. The zero-order valence-corrected chi connectivity index (χ0v) is 7.98. The van der Waals surface area contributed by atoms with Crippen LogP contribution < -0.4 is 10.5 Å². The molecule has 0 atom stereocenters. The van der Waals surface area contributed by atoms with Crippen LogP contribution in [0.5, 0.6) is 5.75 Å². The maximum absolute atomic E-state index is 12.1. The topological polar surface area (TPSA) is 71.9 Å². The largest absolute Gasteiger partial charge is 0.487 e. The quantitative estimate of drug-likeness (QED) is 0.803. The second-order valence-corrected chi connectivity index (χ2v) is 2.75. The fourth-order valence-corrected chi connectivity index (χ4v) is 0.843. The standard InChI is InChI=1S/C10H10FN3O/c11-3-8(4-12)7-15-10-2-1-9(5-13)14-6-10/h1-3,6H,4,7,12H2/b8-3+. The third-order valence-corrected chi connectivity index (χ3v) is 1.69. The molecule has 0 aliphatic carbocycles. The summed E-state index contributed by atoms with van der Waals surface area (Å²) in [6.45, 7) is 0.195. The lowest BCUT2D eigenvalue weighted by Crippen LogP contribution is -2.10. The molecule has 0 aromatic carbocycles. The summed E-state index contributed by atoms with van der Waals surface area (Å²) < 4.78 is 17.3. The monoisotopic (exact) mass is 207 g/mol. The molecule has 0 aliphatic rings. The van der Waals surface area contributed by atoms with Gasteiger partial charge in [-0.15, -0.1) is 0 Å². The van der Waals surface area contributed by atoms with E-state index >= 15 is 0 Å². The molecule has 0 radical (unpaired) electrons. The third kappa shape index (κ3) is 3.37. The zero-order chi connectivity index (χ0) is 11.1. The molecule has 2 N–H and O–H groups in total. The fraction of sp³-hybridized carbons (Fsp3) is 0.200. The minimum atomic E-state index is 0.0839. The number of ether oxygens (including phenoxy) is 1. The summed E-state index contributed by atoms with van der Waals surface area (Å²) >= 11 is 0. The van der Waals surface area contributed by atoms with Gasteiger partial charge in [-0.25, -0.2) is 9.37 Å². The van der Waals surface area contributed by atoms with Crippen LogP contribution in [-0.4, -0.2) is 18.1 Å². The van der Waals surface area contributed by atoms with Gasteiger partial charge in [-0.05, 0) is 12.1 Å². The Morgan fingerprint density at radius 1 is 1.67 bits per heavy atom. The molecule has 0 spiro atoms. The summed E-state index contributed by atoms with van der Waals surface area (Å²) in [4.78, 5) is 3.80. The Hall–Kier alpha value is -1.93. The van der Waals surface area contributed by atoms with Gasteiger partial charge in [0, 0.05) is 12.1 Å². The molecular formula is C10H10FN3O. The van der Waals surface area contributed by atoms with Crippen LogP contribution >= 0.6 is 0 Å². The smallest absolute Gasteiger partial charge is 0.140 e. The molecular weight excluding hydrogens is 197 g/mol. The lowest BCUT2D eigenvalue weighted by atomic mass is 10.3. The Balaban J connectivity index is 2.55. The molecule has 0 amide bonds. The number of nitriles is 1. The van der Waals surface area contributed by atoms with Crippen LogP contribution in [0, 0.1) is 11.3 Å². The molecule has 1 heterocycles. The zero-order valence-electron chi connectivity index (χ0n) is 7.98. The van der Waals surface area contributed by atoms with Crippen LogP contribution in [0.1, 0.15) is 5.69 Å². The van der Waals surface area contributed by atoms with Gasteiger partial charge in [-0.3, -0.25) is 0 Å². The van der Waals surface area contributed by atoms with E-state index in [0.29, 0.717) is 23.3 Å². The first kappa shape index (κ1) is 11.1. The van der Waals surface area contributed by atoms with E-state index in [-0.39, 0.29) is 13.2 Å². The fourth-order valence-electron chi connectivity index (χ4n) is 0.843. The van der Waals surface area contributed by atoms with Gasteiger partial charge >= 0.3 is 0 Å². The highest BCUT2D eigenvalue weighted by atomic mass is 19.1. The summed E-state index contributed by atoms with van der Waals surface area (Å²) in [6, 6.07) is 5.00. The van der Waals surface area contributed by atoms with Crippen LogP contribution in [0.3, 0.4) is 0 Å². The molecule has 1 rings (SSSR count). The number of hydrogen-bond donors (Lipinski definition) is 1. The Morgan fingerprint density at radius 2 is 2.47 bits per heavy atom. The van der Waals surface area contributed by atoms with Crippen molar-refractivity contribution in [1.82, 2.24) is 4.98 Å². The van der Waals surface area contributed by atoms with Gasteiger partial charge in [0.1, 0.15) is 24.1 Å². The number of nitrogens with two attached hydrogens (primary N) is 1. The first-order valence-corrected chi connectivity index (χ1v) is 4.27. The number of pyridine rings is 1. The highest BCUT2D eigenvalue weighted by molar-refractivity contribution is 5.26. The molecule has 0 aliphatic heterocycles. The lowest BCUT2D eigenvalue weighted by Gasteiger charge is -2.06. The maximum Gasteiger partial charge on any atom is 0.140 e. The third-order valence-electron chi connectivity index (χ3n) is 1.69. The van der Waals surface area contributed by atoms with Crippen LogP contribution in [0.4, 0.5) is 4.39 Å². The highest BCUT2D eigenvalue weighted by Gasteiger charge is 1.98. The van der Waals surface area contributed by atoms with Crippen molar-refractivity contribution in [2.75, 3.05) is 13.2 Å². The summed E-state index contributed by atoms with van der Waals surface area (Å²) in [5.41, 5.74) is 5.91. The Kier molecular flexibility index (Phi) is 4.26. The Labute approximate surface area is 86.8 Å². The van der Waals surface area contributed by atoms with Crippen LogP contribution in [0.2, 0.25) is 0 Å². The minimum Gasteiger partial charge on any atom is -0.487 e. The van der Waals surface area contributed by atoms with Crippen molar-refractivity contribution >= 4 is 0 Å². The average molecular weight is 207 g/mol. The normalized spacial score (nSPS) is 10.9. The molecule has 0 saturated carbocycles. The molecule has 15 heavy (non-hydrogen) atoms. The number of halogens is 1. The molecule has 0 fully saturated rings. The van der Waals surface area contributed by atoms with E-state index in [1.165, 1.54) is 12.3 Å². The molecule has 1 aromatic rings. The number of nitrogens with zero attached hydrogens (tertiary/aromatic N) is 2. The van der Waals surface area contributed by atoms with Crippen molar-refractivity contribution in [2.24, 2.45) is 5.73 Å². The van der Waals surface area contributed by atoms with Gasteiger partial charge < -0.3 is 10.5 Å². The maximum atomic E-state index is 12.1. The first-order chi connectivity index (χ1) is 7.30. The SMILES string of the molecule is N#Cc1ccc(OC/C(=C/F)CN)cn1. The molecule has 5 heteroatoms. The predicted octanol–water partition coefficient (Wildman–Crippen LogP) is 1.14. The average Bonchev–Trinajstić information content (AvgIpc) is 2.31. The highest BCUT2D eigenvalue weighted by Crippen LogP contribution is 2.09. The second-order valence-electron chi connectivity index (χ2n) is 2.75. The van der Waals surface area contributed by atoms with Gasteiger partial charge in [-0.2, -0.15) is 5.26 Å². The predicted molar refractivity (Wildman–Crippen MR) is 52.7 cm³/mol. The van der Waals surface area contributed by atoms with Gasteiger partial charge in [0.15, 0.2) is 0 Å². The van der Waals surface area contributed by atoms with Gasteiger partial charge in [0.25, 0.3) is 0 Å². The molecule has 1 aromatic heterocycles. The van der Waals surface area contributed by atoms with Crippen molar-refractivity contribution in [1.29, 1.82) is 5.26 Å². The van der Waals surface area contributed by atoms with Crippen molar-refractivity contribution in [2.45, 2.75) is 0 Å². The van der Waals surface area contributed by atoms with Crippen LogP contribution in [-0.2, 0) is 0 Å². The summed E-state index contributed by atoms with van der Waals surface area (Å²) in [6.07, 6.45) is 1.84. The molecule has 0 saturated heterocycles. The van der Waals surface area contributed by atoms with E-state index in [2.05, 4.69) is 4.98 Å². The molecule has 4 nitrogen and oxygen atoms in total. The van der Waals surface area contributed by atoms with E-state index in [0.717, 1.165) is 0 Å². The number of hydrogen-bond acceptors (Lipinski definition) is 4. The molecule has 0 bridgehead atoms. The number of rotatable bonds is 4. The van der Waals surface area contributed by atoms with Crippen molar-refractivity contribution in [3.05, 3.63) is 35.9 Å². The Morgan fingerprint density at radius 3 is 2.93 bits per heavy atom. The van der Waals surface area contributed by atoms with E-state index in [4.69, 9.17) is 15.7 Å². The van der Waals surface area contributed by atoms with Crippen molar-refractivity contribution in [3.63, 3.8) is 0 Å². The summed E-state index contributed by atoms with van der Waals surface area (Å²) in [5, 5.41) is 8.49. The van der Waals surface area contributed by atoms with E-state index in [1.807, 2.05) is 6.07 Å². The molecule has 0 unspecified atom stereocenters. The summed E-state index contributed by atoms with van der Waals surface area (Å²) in [5.74, 6) is 0.474. The van der Waals surface area contributed by atoms with Gasteiger partial charge in [0.05, 0.1) is 12.5 Å². The van der Waals surface area contributed by atoms with E-state index in [9.17, 15) is 4.39 Å². The number of aromatic nitrogens is 1. The van der Waals surface area contributed by atoms with E-state index in [1.54, 1.807) is 6.07 Å². The van der Waals surface area contributed by atoms with Crippen molar-refractivity contribution in [3.8, 4) is 11.8 Å². The van der Waals surface area contributed by atoms with Gasteiger partial charge in [0.2, 0.25) is 0 Å². The van der Waals surface area contributed by atoms with Crippen molar-refractivity contribution < 1.29 is 9.13 Å².